The lowest BCUT2D eigenvalue weighted by Gasteiger charge is -2.17. The topological polar surface area (TPSA) is 32.3 Å². The van der Waals surface area contributed by atoms with Gasteiger partial charge in [0.05, 0.1) is 17.1 Å². The van der Waals surface area contributed by atoms with E-state index < -0.39 is 23.5 Å². The van der Waals surface area contributed by atoms with E-state index in [0.717, 1.165) is 23.9 Å². The third-order valence-corrected chi connectivity index (χ3v) is 5.07. The molecule has 0 bridgehead atoms. The Labute approximate surface area is 162 Å². The summed E-state index contributed by atoms with van der Waals surface area (Å²) < 4.78 is 52.3. The summed E-state index contributed by atoms with van der Waals surface area (Å²) in [6, 6.07) is 10.6. The van der Waals surface area contributed by atoms with Gasteiger partial charge in [0.2, 0.25) is 0 Å². The molecule has 3 rings (SSSR count). The highest BCUT2D eigenvalue weighted by Gasteiger charge is 2.33. The first kappa shape index (κ1) is 19.4. The number of rotatable bonds is 4. The summed E-state index contributed by atoms with van der Waals surface area (Å²) in [5.41, 5.74) is -0.335. The first-order valence-corrected chi connectivity index (χ1v) is 8.89. The number of nitrogens with one attached hydrogen (secondary N) is 1. The van der Waals surface area contributed by atoms with Crippen LogP contribution in [0.3, 0.4) is 0 Å². The average Bonchev–Trinajstić information content (AvgIpc) is 2.88. The van der Waals surface area contributed by atoms with Crippen LogP contribution in [0.25, 0.3) is 6.08 Å². The van der Waals surface area contributed by atoms with Crippen LogP contribution >= 0.6 is 24.0 Å². The molecule has 0 unspecified atom stereocenters. The third kappa shape index (κ3) is 4.48. The summed E-state index contributed by atoms with van der Waals surface area (Å²) in [5, 5.41) is 2.76. The van der Waals surface area contributed by atoms with Gasteiger partial charge in [-0.3, -0.25) is 9.69 Å². The first-order valence-electron chi connectivity index (χ1n) is 7.67. The summed E-state index contributed by atoms with van der Waals surface area (Å²) in [6.07, 6.45) is -3.05. The zero-order valence-corrected chi connectivity index (χ0v) is 15.2. The van der Waals surface area contributed by atoms with Gasteiger partial charge in [-0.15, -0.1) is 0 Å². The van der Waals surface area contributed by atoms with E-state index in [1.807, 2.05) is 0 Å². The van der Waals surface area contributed by atoms with Gasteiger partial charge in [0, 0.05) is 11.3 Å². The van der Waals surface area contributed by atoms with E-state index in [1.54, 1.807) is 6.07 Å². The molecule has 140 valence electrons. The van der Waals surface area contributed by atoms with Crippen molar-refractivity contribution in [2.75, 3.05) is 12.0 Å². The Balaban J connectivity index is 1.73. The number of amides is 1. The highest BCUT2D eigenvalue weighted by atomic mass is 32.2. The highest BCUT2D eigenvalue weighted by molar-refractivity contribution is 8.26. The molecular weight excluding hydrogens is 400 g/mol. The maximum atomic E-state index is 13.8. The van der Waals surface area contributed by atoms with E-state index >= 15 is 0 Å². The van der Waals surface area contributed by atoms with Crippen LogP contribution in [0.5, 0.6) is 0 Å². The van der Waals surface area contributed by atoms with Crippen molar-refractivity contribution in [3.05, 3.63) is 70.4 Å². The lowest BCUT2D eigenvalue weighted by molar-refractivity contribution is -0.137. The van der Waals surface area contributed by atoms with Crippen molar-refractivity contribution < 1.29 is 22.4 Å². The van der Waals surface area contributed by atoms with Crippen LogP contribution in [0.1, 0.15) is 11.1 Å². The van der Waals surface area contributed by atoms with Crippen molar-refractivity contribution >= 4 is 46.0 Å². The van der Waals surface area contributed by atoms with Crippen molar-refractivity contribution in [2.45, 2.75) is 6.18 Å². The van der Waals surface area contributed by atoms with Gasteiger partial charge in [-0.2, -0.15) is 13.2 Å². The molecule has 1 heterocycles. The van der Waals surface area contributed by atoms with E-state index in [1.165, 1.54) is 41.3 Å². The molecule has 2 aromatic rings. The van der Waals surface area contributed by atoms with Crippen molar-refractivity contribution in [1.29, 1.82) is 0 Å². The number of carbonyl (C=O) groups excluding carboxylic acids is 1. The second-order valence-electron chi connectivity index (χ2n) is 5.54. The number of benzene rings is 2. The zero-order valence-electron chi connectivity index (χ0n) is 13.6. The van der Waals surface area contributed by atoms with Gasteiger partial charge in [0.25, 0.3) is 5.91 Å². The number of hydrogen-bond acceptors (Lipinski definition) is 4. The van der Waals surface area contributed by atoms with Crippen LogP contribution in [-0.2, 0) is 11.0 Å². The van der Waals surface area contributed by atoms with Crippen LogP contribution < -0.4 is 5.32 Å². The molecule has 9 heteroatoms. The molecule has 1 amide bonds. The number of hydrogen-bond donors (Lipinski definition) is 1. The summed E-state index contributed by atoms with van der Waals surface area (Å²) in [5.74, 6) is -0.905. The van der Waals surface area contributed by atoms with E-state index in [-0.39, 0.29) is 27.1 Å². The predicted molar refractivity (Wildman–Crippen MR) is 101 cm³/mol. The third-order valence-electron chi connectivity index (χ3n) is 3.70. The summed E-state index contributed by atoms with van der Waals surface area (Å²) >= 11 is 6.17. The predicted octanol–water partition coefficient (Wildman–Crippen LogP) is 5.12. The van der Waals surface area contributed by atoms with Crippen molar-refractivity contribution in [3.8, 4) is 0 Å². The maximum Gasteiger partial charge on any atom is 0.416 e. The van der Waals surface area contributed by atoms with Crippen LogP contribution in [0, 0.1) is 5.82 Å². The molecule has 1 aliphatic heterocycles. The van der Waals surface area contributed by atoms with Gasteiger partial charge < -0.3 is 5.32 Å². The minimum Gasteiger partial charge on any atom is -0.367 e. The zero-order chi connectivity index (χ0) is 19.6. The number of anilines is 1. The molecule has 27 heavy (non-hydrogen) atoms. The largest absolute Gasteiger partial charge is 0.416 e. The van der Waals surface area contributed by atoms with E-state index in [4.69, 9.17) is 12.2 Å². The molecular formula is C18H12F4N2OS2. The molecule has 0 aliphatic carbocycles. The number of thiocarbonyl (C=S) groups is 1. The van der Waals surface area contributed by atoms with E-state index in [0.29, 0.717) is 0 Å². The van der Waals surface area contributed by atoms with Crippen LogP contribution in [0.15, 0.2) is 53.4 Å². The summed E-state index contributed by atoms with van der Waals surface area (Å²) in [4.78, 5) is 13.9. The normalized spacial score (nSPS) is 16.3. The molecule has 0 radical (unpaired) electrons. The molecule has 2 aromatic carbocycles. The van der Waals surface area contributed by atoms with E-state index in [2.05, 4.69) is 5.32 Å². The maximum absolute atomic E-state index is 13.8. The number of nitrogens with zero attached hydrogens (tertiary/aromatic N) is 1. The number of thioether (sulfide) groups is 1. The lowest BCUT2D eigenvalue weighted by Crippen LogP contribution is -2.33. The SMILES string of the molecule is O=C1/C(=C/c2ccccc2F)SC(=S)N1CNc1cccc(C(F)(F)F)c1. The highest BCUT2D eigenvalue weighted by Crippen LogP contribution is 2.33. The molecule has 1 fully saturated rings. The molecule has 0 atom stereocenters. The minimum absolute atomic E-state index is 0.0966. The Bertz CT molecular complexity index is 928. The smallest absolute Gasteiger partial charge is 0.367 e. The van der Waals surface area contributed by atoms with Crippen molar-refractivity contribution in [3.63, 3.8) is 0 Å². The molecule has 0 saturated carbocycles. The monoisotopic (exact) mass is 412 g/mol. The van der Waals surface area contributed by atoms with Gasteiger partial charge >= 0.3 is 6.18 Å². The minimum atomic E-state index is -4.46. The average molecular weight is 412 g/mol. The van der Waals surface area contributed by atoms with Gasteiger partial charge in [-0.25, -0.2) is 4.39 Å². The molecule has 1 saturated heterocycles. The second kappa shape index (κ2) is 7.69. The molecule has 0 spiro atoms. The van der Waals surface area contributed by atoms with Gasteiger partial charge in [0.15, 0.2) is 0 Å². The van der Waals surface area contributed by atoms with Gasteiger partial charge in [-0.05, 0) is 30.3 Å². The Morgan fingerprint density at radius 3 is 2.59 bits per heavy atom. The fourth-order valence-corrected chi connectivity index (χ4v) is 3.59. The summed E-state index contributed by atoms with van der Waals surface area (Å²) in [6.45, 7) is -0.0966. The molecule has 1 aliphatic rings. The van der Waals surface area contributed by atoms with Crippen LogP contribution in [-0.4, -0.2) is 21.8 Å². The Morgan fingerprint density at radius 1 is 1.15 bits per heavy atom. The molecule has 0 aromatic heterocycles. The van der Waals surface area contributed by atoms with Crippen molar-refractivity contribution in [2.24, 2.45) is 0 Å². The Kier molecular flexibility index (Phi) is 5.52. The van der Waals surface area contributed by atoms with Crippen LogP contribution in [0.4, 0.5) is 23.2 Å². The fraction of sp³-hybridized carbons (Fsp3) is 0.111. The summed E-state index contributed by atoms with van der Waals surface area (Å²) in [7, 11) is 0. The first-order chi connectivity index (χ1) is 12.8. The molecule has 3 nitrogen and oxygen atoms in total. The number of halogens is 4. The van der Waals surface area contributed by atoms with Gasteiger partial charge in [0.1, 0.15) is 10.1 Å². The van der Waals surface area contributed by atoms with Gasteiger partial charge in [-0.1, -0.05) is 48.2 Å². The van der Waals surface area contributed by atoms with Crippen molar-refractivity contribution in [1.82, 2.24) is 4.90 Å². The Morgan fingerprint density at radius 2 is 1.89 bits per heavy atom. The molecule has 1 N–H and O–H groups in total. The quantitative estimate of drug-likeness (QED) is 0.430. The number of alkyl halides is 3. The number of carbonyl (C=O) groups is 1. The fourth-order valence-electron chi connectivity index (χ4n) is 2.35. The van der Waals surface area contributed by atoms with E-state index in [9.17, 15) is 22.4 Å². The lowest BCUT2D eigenvalue weighted by atomic mass is 10.2. The van der Waals surface area contributed by atoms with Crippen LogP contribution in [0.2, 0.25) is 0 Å². The standard InChI is InChI=1S/C18H12F4N2OS2/c19-14-7-2-1-4-11(14)8-15-16(25)24(17(26)27-15)10-23-13-6-3-5-12(9-13)18(20,21)22/h1-9,23H,10H2/b15-8-. The Hall–Kier alpha value is -2.39. The second-order valence-corrected chi connectivity index (χ2v) is 7.22.